The Balaban J connectivity index is 1.59. The number of hydrogen-bond donors (Lipinski definition) is 2. The highest BCUT2D eigenvalue weighted by Gasteiger charge is 2.07. The van der Waals surface area contributed by atoms with Gasteiger partial charge in [-0.25, -0.2) is 0 Å². The summed E-state index contributed by atoms with van der Waals surface area (Å²) in [5.41, 5.74) is 6.00. The average molecular weight is 399 g/mol. The molecule has 3 aromatic rings. The molecule has 0 aromatic heterocycles. The van der Waals surface area contributed by atoms with Crippen molar-refractivity contribution < 1.29 is 4.79 Å². The number of amides is 1. The number of carbonyl (C=O) groups excluding carboxylic acids is 1. The van der Waals surface area contributed by atoms with Crippen LogP contribution in [0.2, 0.25) is 0 Å². The number of nitriles is 1. The molecule has 5 heteroatoms. The van der Waals surface area contributed by atoms with Crippen molar-refractivity contribution in [2.24, 2.45) is 0 Å². The molecule has 0 atom stereocenters. The fraction of sp³-hybridized carbons (Fsp3) is 0.200. The Kier molecular flexibility index (Phi) is 7.20. The number of hydrogen-bond acceptors (Lipinski definition) is 4. The quantitative estimate of drug-likeness (QED) is 0.601. The van der Waals surface area contributed by atoms with Gasteiger partial charge in [-0.05, 0) is 60.6 Å². The Morgan fingerprint density at radius 3 is 2.33 bits per heavy atom. The minimum atomic E-state index is -0.0875. The fourth-order valence-electron chi connectivity index (χ4n) is 3.21. The van der Waals surface area contributed by atoms with Gasteiger partial charge in [0.2, 0.25) is 5.91 Å². The van der Waals surface area contributed by atoms with Crippen molar-refractivity contribution in [1.82, 2.24) is 10.2 Å². The van der Waals surface area contributed by atoms with Crippen LogP contribution in [0.3, 0.4) is 0 Å². The zero-order valence-corrected chi connectivity index (χ0v) is 17.4. The summed E-state index contributed by atoms with van der Waals surface area (Å²) in [6, 6.07) is 25.8. The molecule has 0 saturated carbocycles. The van der Waals surface area contributed by atoms with E-state index in [0.29, 0.717) is 12.1 Å². The molecule has 5 nitrogen and oxygen atoms in total. The topological polar surface area (TPSA) is 68.2 Å². The molecule has 0 aliphatic heterocycles. The Morgan fingerprint density at radius 1 is 0.967 bits per heavy atom. The highest BCUT2D eigenvalue weighted by Crippen LogP contribution is 2.24. The van der Waals surface area contributed by atoms with E-state index in [4.69, 9.17) is 5.26 Å². The van der Waals surface area contributed by atoms with Crippen molar-refractivity contribution >= 4 is 11.6 Å². The third-order valence-electron chi connectivity index (χ3n) is 4.72. The molecule has 0 fully saturated rings. The zero-order chi connectivity index (χ0) is 21.3. The lowest BCUT2D eigenvalue weighted by atomic mass is 9.98. The second-order valence-electron chi connectivity index (χ2n) is 7.41. The molecular weight excluding hydrogens is 372 g/mol. The van der Waals surface area contributed by atoms with Gasteiger partial charge in [-0.1, -0.05) is 48.5 Å². The smallest absolute Gasteiger partial charge is 0.239 e. The lowest BCUT2D eigenvalue weighted by Gasteiger charge is -2.13. The van der Waals surface area contributed by atoms with Crippen LogP contribution in [0, 0.1) is 11.3 Å². The van der Waals surface area contributed by atoms with Gasteiger partial charge in [0.15, 0.2) is 0 Å². The number of nitrogens with zero attached hydrogens (tertiary/aromatic N) is 2. The Morgan fingerprint density at radius 2 is 1.67 bits per heavy atom. The molecule has 2 N–H and O–H groups in total. The van der Waals surface area contributed by atoms with E-state index in [2.05, 4.69) is 66.0 Å². The van der Waals surface area contributed by atoms with Crippen molar-refractivity contribution in [3.05, 3.63) is 89.5 Å². The van der Waals surface area contributed by atoms with Crippen molar-refractivity contribution in [3.63, 3.8) is 0 Å². The third-order valence-corrected chi connectivity index (χ3v) is 4.72. The molecule has 0 aliphatic rings. The highest BCUT2D eigenvalue weighted by atomic mass is 16.1. The lowest BCUT2D eigenvalue weighted by molar-refractivity contribution is -0.119. The van der Waals surface area contributed by atoms with E-state index in [9.17, 15) is 4.79 Å². The maximum absolute atomic E-state index is 12.3. The van der Waals surface area contributed by atoms with Crippen molar-refractivity contribution in [2.45, 2.75) is 13.1 Å². The predicted octanol–water partition coefficient (Wildman–Crippen LogP) is 4.02. The van der Waals surface area contributed by atoms with Gasteiger partial charge in [-0.3, -0.25) is 4.79 Å². The van der Waals surface area contributed by atoms with Gasteiger partial charge in [-0.2, -0.15) is 5.26 Å². The Bertz CT molecular complexity index is 1020. The van der Waals surface area contributed by atoms with E-state index in [-0.39, 0.29) is 12.5 Å². The Hall–Kier alpha value is -3.62. The van der Waals surface area contributed by atoms with Gasteiger partial charge in [0.05, 0.1) is 18.2 Å². The van der Waals surface area contributed by atoms with Crippen LogP contribution in [0.15, 0.2) is 72.8 Å². The first kappa shape index (κ1) is 21.1. The average Bonchev–Trinajstić information content (AvgIpc) is 2.77. The Labute approximate surface area is 178 Å². The monoisotopic (exact) mass is 398 g/mol. The van der Waals surface area contributed by atoms with Gasteiger partial charge < -0.3 is 15.5 Å². The van der Waals surface area contributed by atoms with Crippen LogP contribution in [0.1, 0.15) is 16.7 Å². The largest absolute Gasteiger partial charge is 0.376 e. The molecule has 0 aliphatic carbocycles. The number of benzene rings is 3. The molecule has 30 heavy (non-hydrogen) atoms. The van der Waals surface area contributed by atoms with Crippen LogP contribution in [0.5, 0.6) is 0 Å². The normalized spacial score (nSPS) is 10.5. The summed E-state index contributed by atoms with van der Waals surface area (Å²) in [6.07, 6.45) is 0. The van der Waals surface area contributed by atoms with Crippen LogP contribution in [0.4, 0.5) is 5.69 Å². The highest BCUT2D eigenvalue weighted by molar-refractivity contribution is 5.81. The molecule has 0 spiro atoms. The zero-order valence-electron chi connectivity index (χ0n) is 17.4. The summed E-state index contributed by atoms with van der Waals surface area (Å²) < 4.78 is 0. The van der Waals surface area contributed by atoms with Gasteiger partial charge in [0.1, 0.15) is 0 Å². The van der Waals surface area contributed by atoms with Gasteiger partial charge in [0, 0.05) is 18.8 Å². The maximum Gasteiger partial charge on any atom is 0.239 e. The molecule has 0 radical (unpaired) electrons. The molecule has 0 unspecified atom stereocenters. The summed E-state index contributed by atoms with van der Waals surface area (Å²) in [4.78, 5) is 14.4. The van der Waals surface area contributed by atoms with E-state index >= 15 is 0 Å². The summed E-state index contributed by atoms with van der Waals surface area (Å²) >= 11 is 0. The number of anilines is 1. The molecule has 0 heterocycles. The third kappa shape index (κ3) is 5.94. The number of nitrogens with one attached hydrogen (secondary N) is 2. The summed E-state index contributed by atoms with van der Waals surface area (Å²) in [5.74, 6) is -0.0875. The first-order valence-electron chi connectivity index (χ1n) is 9.88. The van der Waals surface area contributed by atoms with Crippen LogP contribution in [-0.4, -0.2) is 31.4 Å². The lowest BCUT2D eigenvalue weighted by Crippen LogP contribution is -2.29. The van der Waals surface area contributed by atoms with Gasteiger partial charge in [-0.15, -0.1) is 0 Å². The summed E-state index contributed by atoms with van der Waals surface area (Å²) in [6.45, 7) is 1.54. The van der Waals surface area contributed by atoms with Crippen LogP contribution in [0.25, 0.3) is 11.1 Å². The SMILES string of the molecule is CN(C)Cc1ccc(-c2ccccc2CNC(=O)CNc2ccc(C#N)cc2)cc1. The van der Waals surface area contributed by atoms with Crippen LogP contribution in [-0.2, 0) is 17.9 Å². The van der Waals surface area contributed by atoms with Crippen LogP contribution >= 0.6 is 0 Å². The molecule has 0 saturated heterocycles. The second kappa shape index (κ2) is 10.2. The van der Waals surface area contributed by atoms with Gasteiger partial charge in [0.25, 0.3) is 0 Å². The standard InChI is InChI=1S/C25H26N4O/c1-29(2)18-20-7-11-21(12-8-20)24-6-4-3-5-22(24)16-28-25(30)17-27-23-13-9-19(15-26)10-14-23/h3-14,27H,16-18H2,1-2H3,(H,28,30). The van der Waals surface area contributed by atoms with Gasteiger partial charge >= 0.3 is 0 Å². The van der Waals surface area contributed by atoms with Crippen molar-refractivity contribution in [2.75, 3.05) is 26.0 Å². The molecule has 0 bridgehead atoms. The number of rotatable bonds is 8. The number of carbonyl (C=O) groups is 1. The minimum absolute atomic E-state index is 0.0875. The van der Waals surface area contributed by atoms with E-state index < -0.39 is 0 Å². The molecule has 152 valence electrons. The maximum atomic E-state index is 12.3. The second-order valence-corrected chi connectivity index (χ2v) is 7.41. The first-order valence-corrected chi connectivity index (χ1v) is 9.88. The molecule has 3 rings (SSSR count). The summed E-state index contributed by atoms with van der Waals surface area (Å²) in [7, 11) is 4.12. The van der Waals surface area contributed by atoms with E-state index in [1.165, 1.54) is 5.56 Å². The fourth-order valence-corrected chi connectivity index (χ4v) is 3.21. The van der Waals surface area contributed by atoms with E-state index in [1.807, 2.05) is 18.2 Å². The van der Waals surface area contributed by atoms with Crippen molar-refractivity contribution in [1.29, 1.82) is 5.26 Å². The van der Waals surface area contributed by atoms with E-state index in [1.54, 1.807) is 24.3 Å². The van der Waals surface area contributed by atoms with E-state index in [0.717, 1.165) is 28.9 Å². The van der Waals surface area contributed by atoms with Crippen molar-refractivity contribution in [3.8, 4) is 17.2 Å². The molecule has 1 amide bonds. The minimum Gasteiger partial charge on any atom is -0.376 e. The molecular formula is C25H26N4O. The molecule has 3 aromatic carbocycles. The van der Waals surface area contributed by atoms with Crippen LogP contribution < -0.4 is 10.6 Å². The predicted molar refractivity (Wildman–Crippen MR) is 121 cm³/mol. The first-order chi connectivity index (χ1) is 14.5. The summed E-state index contributed by atoms with van der Waals surface area (Å²) in [5, 5.41) is 14.9.